The molecule has 4 atom stereocenters. The molecule has 0 saturated carbocycles. The third kappa shape index (κ3) is 3.17. The summed E-state index contributed by atoms with van der Waals surface area (Å²) < 4.78 is 5.08. The Balaban J connectivity index is 1.59. The van der Waals surface area contributed by atoms with Crippen LogP contribution >= 0.6 is 11.6 Å². The van der Waals surface area contributed by atoms with Crippen LogP contribution < -0.4 is 4.90 Å². The number of benzene rings is 2. The molecule has 2 fully saturated rings. The zero-order chi connectivity index (χ0) is 22.4. The maximum Gasteiger partial charge on any atom is 0.235 e. The molecular formula is C25H23ClN2O4. The molecule has 2 aromatic carbocycles. The summed E-state index contributed by atoms with van der Waals surface area (Å²) in [6, 6.07) is 13.3. The lowest BCUT2D eigenvalue weighted by Crippen LogP contribution is -2.48. The fourth-order valence-corrected chi connectivity index (χ4v) is 5.45. The topological polar surface area (TPSA) is 66.9 Å². The highest BCUT2D eigenvalue weighted by Crippen LogP contribution is 2.49. The Kier molecular flexibility index (Phi) is 5.35. The number of halogens is 1. The van der Waals surface area contributed by atoms with Crippen molar-refractivity contribution in [3.63, 3.8) is 0 Å². The predicted octanol–water partition coefficient (Wildman–Crippen LogP) is 3.44. The summed E-state index contributed by atoms with van der Waals surface area (Å²) in [5, 5.41) is 0.591. The van der Waals surface area contributed by atoms with Crippen LogP contribution in [-0.4, -0.2) is 54.8 Å². The van der Waals surface area contributed by atoms with Crippen LogP contribution in [0, 0.1) is 11.8 Å². The summed E-state index contributed by atoms with van der Waals surface area (Å²) in [6.07, 6.45) is 4.43. The molecule has 164 valence electrons. The van der Waals surface area contributed by atoms with E-state index in [2.05, 4.69) is 0 Å². The molecular weight excluding hydrogens is 428 g/mol. The SMILES string of the molecule is COCCCN1C(=O)[C@@H]2[C@H](C1=O)[C@@H]1C=Cc3cc(Cl)ccc3N1[C@@H]2C(=O)c1ccccc1. The van der Waals surface area contributed by atoms with Crippen molar-refractivity contribution in [1.29, 1.82) is 0 Å². The van der Waals surface area contributed by atoms with Crippen molar-refractivity contribution in [3.8, 4) is 0 Å². The number of hydrogen-bond donors (Lipinski definition) is 0. The quantitative estimate of drug-likeness (QED) is 0.383. The van der Waals surface area contributed by atoms with Crippen LogP contribution in [0.4, 0.5) is 5.69 Å². The summed E-state index contributed by atoms with van der Waals surface area (Å²) >= 11 is 6.19. The second-order valence-electron chi connectivity index (χ2n) is 8.36. The van der Waals surface area contributed by atoms with Crippen molar-refractivity contribution in [3.05, 3.63) is 70.8 Å². The fourth-order valence-electron chi connectivity index (χ4n) is 5.27. The summed E-state index contributed by atoms with van der Waals surface area (Å²) in [7, 11) is 1.59. The number of Topliss-reactive ketones (excluding diaryl/α,β-unsaturated/α-hetero) is 1. The summed E-state index contributed by atoms with van der Waals surface area (Å²) in [6.45, 7) is 0.760. The van der Waals surface area contributed by atoms with Gasteiger partial charge >= 0.3 is 0 Å². The number of likely N-dealkylation sites (tertiary alicyclic amines) is 1. The Morgan fingerprint density at radius 1 is 1.06 bits per heavy atom. The Bertz CT molecular complexity index is 1120. The molecule has 0 aliphatic carbocycles. The number of nitrogens with zero attached hydrogens (tertiary/aromatic N) is 2. The van der Waals surface area contributed by atoms with Crippen molar-refractivity contribution < 1.29 is 19.1 Å². The molecule has 2 amide bonds. The van der Waals surface area contributed by atoms with Crippen molar-refractivity contribution >= 4 is 41.0 Å². The van der Waals surface area contributed by atoms with Crippen LogP contribution in [0.15, 0.2) is 54.6 Å². The van der Waals surface area contributed by atoms with Gasteiger partial charge in [0.1, 0.15) is 6.04 Å². The van der Waals surface area contributed by atoms with Gasteiger partial charge < -0.3 is 9.64 Å². The van der Waals surface area contributed by atoms with E-state index in [1.807, 2.05) is 35.3 Å². The number of fused-ring (bicyclic) bond motifs is 5. The minimum absolute atomic E-state index is 0.154. The molecule has 3 aliphatic heterocycles. The molecule has 0 N–H and O–H groups in total. The Morgan fingerprint density at radius 3 is 2.56 bits per heavy atom. The minimum Gasteiger partial charge on any atom is -0.385 e. The molecule has 7 heteroatoms. The van der Waals surface area contributed by atoms with E-state index in [9.17, 15) is 14.4 Å². The van der Waals surface area contributed by atoms with Crippen LogP contribution in [0.25, 0.3) is 6.08 Å². The maximum atomic E-state index is 13.7. The van der Waals surface area contributed by atoms with Gasteiger partial charge in [0, 0.05) is 36.5 Å². The maximum absolute atomic E-state index is 13.7. The highest BCUT2D eigenvalue weighted by atomic mass is 35.5. The average molecular weight is 451 g/mol. The largest absolute Gasteiger partial charge is 0.385 e. The first-order valence-electron chi connectivity index (χ1n) is 10.7. The van der Waals surface area contributed by atoms with Crippen LogP contribution in [0.1, 0.15) is 22.3 Å². The van der Waals surface area contributed by atoms with Gasteiger partial charge in [-0.3, -0.25) is 19.3 Å². The van der Waals surface area contributed by atoms with Gasteiger partial charge in [-0.15, -0.1) is 0 Å². The van der Waals surface area contributed by atoms with Gasteiger partial charge in [-0.25, -0.2) is 0 Å². The number of hydrogen-bond acceptors (Lipinski definition) is 5. The second-order valence-corrected chi connectivity index (χ2v) is 8.80. The van der Waals surface area contributed by atoms with Crippen LogP contribution in [0.2, 0.25) is 5.02 Å². The Labute approximate surface area is 191 Å². The zero-order valence-electron chi connectivity index (χ0n) is 17.6. The molecule has 3 aliphatic rings. The van der Waals surface area contributed by atoms with Crippen LogP contribution in [-0.2, 0) is 14.3 Å². The number of methoxy groups -OCH3 is 1. The average Bonchev–Trinajstić information content (AvgIpc) is 3.27. The van der Waals surface area contributed by atoms with Gasteiger partial charge in [0.15, 0.2) is 5.78 Å². The van der Waals surface area contributed by atoms with E-state index in [0.29, 0.717) is 30.2 Å². The standard InChI is InChI=1S/C25H23ClN2O4/c1-32-13-5-12-27-24(30)20-19-10-8-16-14-17(26)9-11-18(16)28(19)22(21(20)25(27)31)23(29)15-6-3-2-4-7-15/h2-4,6-11,14,19-22H,5,12-13H2,1H3/t19-,20+,21+,22-/m0/s1. The number of carbonyl (C=O) groups excluding carboxylic acids is 3. The molecule has 3 heterocycles. The number of carbonyl (C=O) groups is 3. The van der Waals surface area contributed by atoms with Crippen LogP contribution in [0.3, 0.4) is 0 Å². The summed E-state index contributed by atoms with van der Waals surface area (Å²) in [5.74, 6) is -1.96. The normalized spacial score (nSPS) is 25.7. The molecule has 2 aromatic rings. The number of anilines is 1. The molecule has 2 saturated heterocycles. The second kappa shape index (κ2) is 8.19. The molecule has 0 bridgehead atoms. The monoisotopic (exact) mass is 450 g/mol. The lowest BCUT2D eigenvalue weighted by Gasteiger charge is -2.36. The first kappa shape index (κ1) is 20.9. The third-order valence-corrected chi connectivity index (χ3v) is 6.85. The fraction of sp³-hybridized carbons (Fsp3) is 0.320. The molecule has 0 unspecified atom stereocenters. The van der Waals surface area contributed by atoms with E-state index in [-0.39, 0.29) is 23.6 Å². The molecule has 32 heavy (non-hydrogen) atoms. The minimum atomic E-state index is -0.763. The number of rotatable bonds is 6. The number of imide groups is 1. The highest BCUT2D eigenvalue weighted by molar-refractivity contribution is 6.30. The number of amides is 2. The third-order valence-electron chi connectivity index (χ3n) is 6.62. The van der Waals surface area contributed by atoms with Gasteiger partial charge in [-0.2, -0.15) is 0 Å². The highest BCUT2D eigenvalue weighted by Gasteiger charge is 2.63. The van der Waals surface area contributed by atoms with Crippen molar-refractivity contribution in [1.82, 2.24) is 4.90 Å². The van der Waals surface area contributed by atoms with E-state index < -0.39 is 17.9 Å². The molecule has 0 aromatic heterocycles. The summed E-state index contributed by atoms with van der Waals surface area (Å²) in [4.78, 5) is 43.9. The smallest absolute Gasteiger partial charge is 0.235 e. The lowest BCUT2D eigenvalue weighted by atomic mass is 9.86. The summed E-state index contributed by atoms with van der Waals surface area (Å²) in [5.41, 5.74) is 2.22. The predicted molar refractivity (Wildman–Crippen MR) is 122 cm³/mol. The molecule has 0 spiro atoms. The first-order chi connectivity index (χ1) is 15.5. The zero-order valence-corrected chi connectivity index (χ0v) is 18.4. The first-order valence-corrected chi connectivity index (χ1v) is 11.1. The van der Waals surface area contributed by atoms with Gasteiger partial charge in [-0.1, -0.05) is 54.1 Å². The van der Waals surface area contributed by atoms with E-state index in [0.717, 1.165) is 11.3 Å². The van der Waals surface area contributed by atoms with Gasteiger partial charge in [-0.05, 0) is 30.2 Å². The molecule has 0 radical (unpaired) electrons. The molecule has 5 rings (SSSR count). The molecule has 6 nitrogen and oxygen atoms in total. The van der Waals surface area contributed by atoms with Gasteiger partial charge in [0.25, 0.3) is 0 Å². The van der Waals surface area contributed by atoms with Crippen molar-refractivity contribution in [2.45, 2.75) is 18.5 Å². The van der Waals surface area contributed by atoms with Gasteiger partial charge in [0.05, 0.1) is 17.9 Å². The Morgan fingerprint density at radius 2 is 1.81 bits per heavy atom. The van der Waals surface area contributed by atoms with Crippen molar-refractivity contribution in [2.75, 3.05) is 25.2 Å². The van der Waals surface area contributed by atoms with E-state index in [1.54, 1.807) is 37.4 Å². The van der Waals surface area contributed by atoms with Crippen molar-refractivity contribution in [2.24, 2.45) is 11.8 Å². The van der Waals surface area contributed by atoms with Crippen LogP contribution in [0.5, 0.6) is 0 Å². The van der Waals surface area contributed by atoms with E-state index >= 15 is 0 Å². The number of ether oxygens (including phenoxy) is 1. The number of ketones is 1. The van der Waals surface area contributed by atoms with E-state index in [4.69, 9.17) is 16.3 Å². The van der Waals surface area contributed by atoms with E-state index in [1.165, 1.54) is 4.90 Å². The Hall–Kier alpha value is -2.96. The lowest BCUT2D eigenvalue weighted by molar-refractivity contribution is -0.140. The van der Waals surface area contributed by atoms with Gasteiger partial charge in [0.2, 0.25) is 11.8 Å².